The van der Waals surface area contributed by atoms with Crippen LogP contribution in [0.3, 0.4) is 0 Å². The van der Waals surface area contributed by atoms with Crippen LogP contribution in [0.5, 0.6) is 0 Å². The molecule has 2 nitrogen and oxygen atoms in total. The zero-order valence-corrected chi connectivity index (χ0v) is 10.1. The Bertz CT molecular complexity index is 553. The molecule has 0 bridgehead atoms. The summed E-state index contributed by atoms with van der Waals surface area (Å²) in [6.07, 6.45) is 8.30. The maximum Gasteiger partial charge on any atom is 0.104 e. The van der Waals surface area contributed by atoms with Crippen molar-refractivity contribution in [2.75, 3.05) is 7.11 Å². The van der Waals surface area contributed by atoms with Crippen LogP contribution in [0.1, 0.15) is 30.9 Å². The number of hydrogen-bond donors (Lipinski definition) is 0. The molecular formula is C15H17NO. The summed E-state index contributed by atoms with van der Waals surface area (Å²) in [7, 11) is 1.74. The Morgan fingerprint density at radius 3 is 2.94 bits per heavy atom. The van der Waals surface area contributed by atoms with Crippen molar-refractivity contribution in [3.05, 3.63) is 48.2 Å². The summed E-state index contributed by atoms with van der Waals surface area (Å²) in [6, 6.07) is 10.6. The zero-order valence-electron chi connectivity index (χ0n) is 10.1. The molecule has 2 aromatic rings. The smallest absolute Gasteiger partial charge is 0.104 e. The Morgan fingerprint density at radius 2 is 2.18 bits per heavy atom. The molecule has 1 atom stereocenters. The molecule has 0 saturated heterocycles. The molecule has 0 fully saturated rings. The van der Waals surface area contributed by atoms with Crippen LogP contribution in [0.25, 0.3) is 10.9 Å². The molecule has 0 radical (unpaired) electrons. The highest BCUT2D eigenvalue weighted by Crippen LogP contribution is 2.31. The van der Waals surface area contributed by atoms with E-state index in [4.69, 9.17) is 4.84 Å². The summed E-state index contributed by atoms with van der Waals surface area (Å²) in [5, 5.41) is 1.25. The molecule has 0 spiro atoms. The molecule has 0 N–H and O–H groups in total. The highest BCUT2D eigenvalue weighted by molar-refractivity contribution is 5.81. The lowest BCUT2D eigenvalue weighted by atomic mass is 9.93. The van der Waals surface area contributed by atoms with Crippen LogP contribution >= 0.6 is 0 Å². The van der Waals surface area contributed by atoms with Gasteiger partial charge in [-0.1, -0.05) is 30.4 Å². The van der Waals surface area contributed by atoms with E-state index in [9.17, 15) is 0 Å². The first kappa shape index (κ1) is 10.5. The van der Waals surface area contributed by atoms with Gasteiger partial charge in [0.05, 0.1) is 11.2 Å². The summed E-state index contributed by atoms with van der Waals surface area (Å²) in [6.45, 7) is 0. The zero-order chi connectivity index (χ0) is 11.7. The van der Waals surface area contributed by atoms with Gasteiger partial charge in [0.15, 0.2) is 0 Å². The number of allylic oxidation sites excluding steroid dienone is 2. The molecule has 0 amide bonds. The Hall–Kier alpha value is -1.70. The van der Waals surface area contributed by atoms with Gasteiger partial charge in [-0.2, -0.15) is 4.73 Å². The largest absolute Gasteiger partial charge is 0.417 e. The Labute approximate surface area is 101 Å². The maximum atomic E-state index is 5.53. The predicted molar refractivity (Wildman–Crippen MR) is 70.2 cm³/mol. The highest BCUT2D eigenvalue weighted by atomic mass is 16.6. The van der Waals surface area contributed by atoms with E-state index in [1.807, 2.05) is 4.73 Å². The van der Waals surface area contributed by atoms with Crippen LogP contribution in [0, 0.1) is 0 Å². The van der Waals surface area contributed by atoms with Gasteiger partial charge in [0.2, 0.25) is 0 Å². The van der Waals surface area contributed by atoms with Gasteiger partial charge in [0.1, 0.15) is 7.11 Å². The first-order valence-electron chi connectivity index (χ1n) is 6.21. The van der Waals surface area contributed by atoms with Crippen molar-refractivity contribution in [2.24, 2.45) is 0 Å². The lowest BCUT2D eigenvalue weighted by molar-refractivity contribution is 0.168. The average Bonchev–Trinajstić information content (AvgIpc) is 2.78. The number of nitrogens with zero attached hydrogens (tertiary/aromatic N) is 1. The molecule has 1 aromatic carbocycles. The first-order chi connectivity index (χ1) is 8.40. The molecule has 1 aliphatic rings. The van der Waals surface area contributed by atoms with E-state index < -0.39 is 0 Å². The van der Waals surface area contributed by atoms with Crippen molar-refractivity contribution in [1.82, 2.24) is 4.73 Å². The van der Waals surface area contributed by atoms with Gasteiger partial charge in [-0.25, -0.2) is 0 Å². The fourth-order valence-corrected chi connectivity index (χ4v) is 2.67. The van der Waals surface area contributed by atoms with Gasteiger partial charge in [-0.05, 0) is 31.4 Å². The second kappa shape index (κ2) is 4.28. The Morgan fingerprint density at radius 1 is 1.29 bits per heavy atom. The van der Waals surface area contributed by atoms with Crippen LogP contribution < -0.4 is 4.84 Å². The SMILES string of the molecule is COn1c(C2C=CCCC2)cc2ccccc21. The standard InChI is InChI=1S/C15H17NO/c1-17-16-14-10-6-5-9-13(14)11-15(16)12-7-3-2-4-8-12/h3,5-7,9-12H,2,4,8H2,1H3. The molecular weight excluding hydrogens is 210 g/mol. The van der Waals surface area contributed by atoms with Crippen LogP contribution in [0.2, 0.25) is 0 Å². The summed E-state index contributed by atoms with van der Waals surface area (Å²) in [5.74, 6) is 0.496. The van der Waals surface area contributed by atoms with Gasteiger partial charge in [0.25, 0.3) is 0 Å². The van der Waals surface area contributed by atoms with E-state index in [0.29, 0.717) is 5.92 Å². The van der Waals surface area contributed by atoms with Crippen molar-refractivity contribution in [2.45, 2.75) is 25.2 Å². The number of para-hydroxylation sites is 1. The van der Waals surface area contributed by atoms with Crippen LogP contribution in [0.15, 0.2) is 42.5 Å². The fourth-order valence-electron chi connectivity index (χ4n) is 2.67. The molecule has 0 aliphatic heterocycles. The molecule has 1 unspecified atom stereocenters. The number of fused-ring (bicyclic) bond motifs is 1. The van der Waals surface area contributed by atoms with Crippen molar-refractivity contribution < 1.29 is 4.84 Å². The first-order valence-corrected chi connectivity index (χ1v) is 6.21. The maximum absolute atomic E-state index is 5.53. The van der Waals surface area contributed by atoms with Crippen LogP contribution in [-0.2, 0) is 0 Å². The minimum atomic E-state index is 0.496. The van der Waals surface area contributed by atoms with Gasteiger partial charge >= 0.3 is 0 Å². The van der Waals surface area contributed by atoms with Crippen LogP contribution in [-0.4, -0.2) is 11.8 Å². The summed E-state index contributed by atoms with van der Waals surface area (Å²) < 4.78 is 1.97. The van der Waals surface area contributed by atoms with E-state index >= 15 is 0 Å². The molecule has 1 heterocycles. The average molecular weight is 227 g/mol. The van der Waals surface area contributed by atoms with Crippen molar-refractivity contribution in [3.63, 3.8) is 0 Å². The molecule has 0 saturated carbocycles. The number of aromatic nitrogens is 1. The lowest BCUT2D eigenvalue weighted by Gasteiger charge is -2.18. The monoisotopic (exact) mass is 227 g/mol. The predicted octanol–water partition coefficient (Wildman–Crippen LogP) is 3.52. The van der Waals surface area contributed by atoms with Crippen molar-refractivity contribution in [3.8, 4) is 0 Å². The normalized spacial score (nSPS) is 19.7. The van der Waals surface area contributed by atoms with E-state index in [1.54, 1.807) is 7.11 Å². The summed E-state index contributed by atoms with van der Waals surface area (Å²) >= 11 is 0. The van der Waals surface area contributed by atoms with E-state index in [-0.39, 0.29) is 0 Å². The Balaban J connectivity index is 2.14. The molecule has 2 heteroatoms. The number of hydrogen-bond acceptors (Lipinski definition) is 1. The highest BCUT2D eigenvalue weighted by Gasteiger charge is 2.18. The number of rotatable bonds is 2. The molecule has 88 valence electrons. The van der Waals surface area contributed by atoms with Gasteiger partial charge in [-0.15, -0.1) is 0 Å². The second-order valence-electron chi connectivity index (χ2n) is 4.57. The third-order valence-corrected chi connectivity index (χ3v) is 3.51. The third-order valence-electron chi connectivity index (χ3n) is 3.51. The third kappa shape index (κ3) is 1.74. The van der Waals surface area contributed by atoms with Crippen molar-refractivity contribution >= 4 is 10.9 Å². The fraction of sp³-hybridized carbons (Fsp3) is 0.333. The number of benzene rings is 1. The lowest BCUT2D eigenvalue weighted by Crippen LogP contribution is -2.13. The topological polar surface area (TPSA) is 14.2 Å². The van der Waals surface area contributed by atoms with E-state index in [1.165, 1.54) is 30.3 Å². The minimum absolute atomic E-state index is 0.496. The summed E-state index contributed by atoms with van der Waals surface area (Å²) in [5.41, 5.74) is 2.42. The second-order valence-corrected chi connectivity index (χ2v) is 4.57. The summed E-state index contributed by atoms with van der Waals surface area (Å²) in [4.78, 5) is 5.53. The van der Waals surface area contributed by atoms with E-state index in [0.717, 1.165) is 5.52 Å². The molecule has 1 aliphatic carbocycles. The van der Waals surface area contributed by atoms with Crippen LogP contribution in [0.4, 0.5) is 0 Å². The van der Waals surface area contributed by atoms with Gasteiger partial charge in [-0.3, -0.25) is 0 Å². The van der Waals surface area contributed by atoms with Gasteiger partial charge in [0, 0.05) is 11.3 Å². The Kier molecular flexibility index (Phi) is 2.63. The van der Waals surface area contributed by atoms with E-state index in [2.05, 4.69) is 42.5 Å². The van der Waals surface area contributed by atoms with Gasteiger partial charge < -0.3 is 4.84 Å². The quantitative estimate of drug-likeness (QED) is 0.716. The van der Waals surface area contributed by atoms with Crippen molar-refractivity contribution in [1.29, 1.82) is 0 Å². The minimum Gasteiger partial charge on any atom is -0.417 e. The molecule has 17 heavy (non-hydrogen) atoms. The molecule has 1 aromatic heterocycles. The molecule has 3 rings (SSSR count).